The molecule has 132 valence electrons. The highest BCUT2D eigenvalue weighted by Gasteiger charge is 2.04. The second-order valence-electron chi connectivity index (χ2n) is 5.80. The fourth-order valence-corrected chi connectivity index (χ4v) is 2.25. The Morgan fingerprint density at radius 3 is 2.56 bits per heavy atom. The fourth-order valence-electron chi connectivity index (χ4n) is 2.25. The van der Waals surface area contributed by atoms with Crippen molar-refractivity contribution in [2.45, 2.75) is 26.8 Å². The van der Waals surface area contributed by atoms with E-state index < -0.39 is 0 Å². The summed E-state index contributed by atoms with van der Waals surface area (Å²) < 4.78 is 11.0. The molecule has 0 aliphatic carbocycles. The van der Waals surface area contributed by atoms with E-state index in [9.17, 15) is 4.79 Å². The maximum Gasteiger partial charge on any atom is 0.244 e. The Bertz CT molecular complexity index is 720. The van der Waals surface area contributed by atoms with E-state index in [1.807, 2.05) is 49.4 Å². The molecule has 2 aromatic carbocycles. The van der Waals surface area contributed by atoms with Gasteiger partial charge in [0, 0.05) is 12.6 Å². The zero-order chi connectivity index (χ0) is 18.1. The van der Waals surface area contributed by atoms with Crippen molar-refractivity contribution in [2.75, 3.05) is 13.7 Å². The Morgan fingerprint density at radius 2 is 1.88 bits per heavy atom. The summed E-state index contributed by atoms with van der Waals surface area (Å²) in [6.45, 7) is 5.25. The summed E-state index contributed by atoms with van der Waals surface area (Å²) in [5.74, 6) is 1.24. The lowest BCUT2D eigenvalue weighted by atomic mass is 10.1. The van der Waals surface area contributed by atoms with Gasteiger partial charge in [-0.25, -0.2) is 0 Å². The van der Waals surface area contributed by atoms with Crippen LogP contribution in [0.3, 0.4) is 0 Å². The number of hydrogen-bond donors (Lipinski definition) is 1. The molecule has 0 aliphatic rings. The van der Waals surface area contributed by atoms with E-state index in [-0.39, 0.29) is 5.91 Å². The lowest BCUT2D eigenvalue weighted by Gasteiger charge is -2.10. The van der Waals surface area contributed by atoms with Crippen LogP contribution >= 0.6 is 0 Å². The normalized spacial score (nSPS) is 10.7. The van der Waals surface area contributed by atoms with Gasteiger partial charge in [0.05, 0.1) is 13.7 Å². The lowest BCUT2D eigenvalue weighted by molar-refractivity contribution is -0.116. The van der Waals surface area contributed by atoms with Gasteiger partial charge in [-0.2, -0.15) is 0 Å². The van der Waals surface area contributed by atoms with E-state index in [4.69, 9.17) is 9.47 Å². The van der Waals surface area contributed by atoms with Gasteiger partial charge < -0.3 is 14.8 Å². The minimum absolute atomic E-state index is 0.133. The molecule has 0 saturated carbocycles. The van der Waals surface area contributed by atoms with Crippen LogP contribution in [-0.2, 0) is 11.3 Å². The smallest absolute Gasteiger partial charge is 0.244 e. The van der Waals surface area contributed by atoms with Crippen LogP contribution in [0.2, 0.25) is 0 Å². The molecular formula is C21H25NO3. The molecule has 0 spiro atoms. The van der Waals surface area contributed by atoms with Gasteiger partial charge in [-0.1, -0.05) is 42.8 Å². The molecule has 4 heteroatoms. The van der Waals surface area contributed by atoms with Crippen molar-refractivity contribution in [3.8, 4) is 11.5 Å². The SMILES string of the molecule is CCCOc1ccc(C=CC(=O)NCc2ccc(C)cc2)cc1OC. The molecule has 0 aliphatic heterocycles. The molecule has 25 heavy (non-hydrogen) atoms. The Labute approximate surface area is 149 Å². The second kappa shape index (κ2) is 9.52. The number of ether oxygens (including phenoxy) is 2. The number of carbonyl (C=O) groups is 1. The number of benzene rings is 2. The molecule has 0 atom stereocenters. The maximum absolute atomic E-state index is 12.0. The number of amides is 1. The van der Waals surface area contributed by atoms with Crippen LogP contribution in [0.15, 0.2) is 48.5 Å². The van der Waals surface area contributed by atoms with Crippen molar-refractivity contribution in [2.24, 2.45) is 0 Å². The van der Waals surface area contributed by atoms with Crippen molar-refractivity contribution in [1.29, 1.82) is 0 Å². The predicted octanol–water partition coefficient (Wildman–Crippen LogP) is 4.12. The highest BCUT2D eigenvalue weighted by atomic mass is 16.5. The zero-order valence-corrected chi connectivity index (χ0v) is 15.0. The van der Waals surface area contributed by atoms with Crippen LogP contribution in [0.5, 0.6) is 11.5 Å². The summed E-state index contributed by atoms with van der Waals surface area (Å²) in [5.41, 5.74) is 3.16. The number of nitrogens with one attached hydrogen (secondary N) is 1. The van der Waals surface area contributed by atoms with Gasteiger partial charge >= 0.3 is 0 Å². The predicted molar refractivity (Wildman–Crippen MR) is 101 cm³/mol. The van der Waals surface area contributed by atoms with Gasteiger partial charge in [-0.15, -0.1) is 0 Å². The molecule has 2 aromatic rings. The second-order valence-corrected chi connectivity index (χ2v) is 5.80. The van der Waals surface area contributed by atoms with E-state index in [0.717, 1.165) is 17.5 Å². The van der Waals surface area contributed by atoms with Gasteiger partial charge in [0.15, 0.2) is 11.5 Å². The van der Waals surface area contributed by atoms with Gasteiger partial charge in [-0.3, -0.25) is 4.79 Å². The lowest BCUT2D eigenvalue weighted by Crippen LogP contribution is -2.20. The number of carbonyl (C=O) groups excluding carboxylic acids is 1. The van der Waals surface area contributed by atoms with Crippen molar-refractivity contribution in [1.82, 2.24) is 5.32 Å². The number of aryl methyl sites for hydroxylation is 1. The maximum atomic E-state index is 12.0. The summed E-state index contributed by atoms with van der Waals surface area (Å²) in [5, 5.41) is 2.87. The number of methoxy groups -OCH3 is 1. The minimum atomic E-state index is -0.133. The molecule has 2 rings (SSSR count). The first-order valence-electron chi connectivity index (χ1n) is 8.44. The Hall–Kier alpha value is -2.75. The van der Waals surface area contributed by atoms with E-state index in [1.165, 1.54) is 11.6 Å². The van der Waals surface area contributed by atoms with Gasteiger partial charge in [0.1, 0.15) is 0 Å². The summed E-state index contributed by atoms with van der Waals surface area (Å²) in [7, 11) is 1.61. The highest BCUT2D eigenvalue weighted by molar-refractivity contribution is 5.91. The molecule has 4 nitrogen and oxygen atoms in total. The molecule has 0 saturated heterocycles. The van der Waals surface area contributed by atoms with Crippen molar-refractivity contribution in [3.05, 3.63) is 65.2 Å². The molecule has 0 aromatic heterocycles. The van der Waals surface area contributed by atoms with Crippen molar-refractivity contribution in [3.63, 3.8) is 0 Å². The topological polar surface area (TPSA) is 47.6 Å². The van der Waals surface area contributed by atoms with E-state index in [2.05, 4.69) is 12.2 Å². The van der Waals surface area contributed by atoms with Gasteiger partial charge in [-0.05, 0) is 42.7 Å². The van der Waals surface area contributed by atoms with E-state index in [1.54, 1.807) is 13.2 Å². The Morgan fingerprint density at radius 1 is 1.12 bits per heavy atom. The molecular weight excluding hydrogens is 314 g/mol. The average molecular weight is 339 g/mol. The van der Waals surface area contributed by atoms with E-state index >= 15 is 0 Å². The van der Waals surface area contributed by atoms with Crippen molar-refractivity contribution >= 4 is 12.0 Å². The quantitative estimate of drug-likeness (QED) is 0.736. The Kier molecular flexibility index (Phi) is 7.08. The highest BCUT2D eigenvalue weighted by Crippen LogP contribution is 2.28. The minimum Gasteiger partial charge on any atom is -0.493 e. The third kappa shape index (κ3) is 5.99. The first kappa shape index (κ1) is 18.6. The third-order valence-corrected chi connectivity index (χ3v) is 3.66. The standard InChI is InChI=1S/C21H25NO3/c1-4-13-25-19-11-9-17(14-20(19)24-3)10-12-21(23)22-15-18-7-5-16(2)6-8-18/h5-12,14H,4,13,15H2,1-3H3,(H,22,23). The Balaban J connectivity index is 1.93. The molecule has 0 radical (unpaired) electrons. The summed E-state index contributed by atoms with van der Waals surface area (Å²) in [6.07, 6.45) is 4.22. The van der Waals surface area contributed by atoms with Crippen molar-refractivity contribution < 1.29 is 14.3 Å². The monoisotopic (exact) mass is 339 g/mol. The molecule has 0 fully saturated rings. The number of rotatable bonds is 8. The largest absolute Gasteiger partial charge is 0.493 e. The van der Waals surface area contributed by atoms with Crippen LogP contribution in [0.4, 0.5) is 0 Å². The third-order valence-electron chi connectivity index (χ3n) is 3.66. The van der Waals surface area contributed by atoms with Crippen LogP contribution < -0.4 is 14.8 Å². The van der Waals surface area contributed by atoms with Crippen LogP contribution in [0.1, 0.15) is 30.0 Å². The molecule has 0 heterocycles. The average Bonchev–Trinajstić information content (AvgIpc) is 2.64. The van der Waals surface area contributed by atoms with Crippen LogP contribution in [0, 0.1) is 6.92 Å². The molecule has 0 unspecified atom stereocenters. The van der Waals surface area contributed by atoms with Crippen LogP contribution in [0.25, 0.3) is 6.08 Å². The zero-order valence-electron chi connectivity index (χ0n) is 15.0. The fraction of sp³-hybridized carbons (Fsp3) is 0.286. The first-order chi connectivity index (χ1) is 12.1. The van der Waals surface area contributed by atoms with E-state index in [0.29, 0.717) is 24.7 Å². The molecule has 1 amide bonds. The molecule has 0 bridgehead atoms. The summed E-state index contributed by atoms with van der Waals surface area (Å²) >= 11 is 0. The number of hydrogen-bond acceptors (Lipinski definition) is 3. The summed E-state index contributed by atoms with van der Waals surface area (Å²) in [4.78, 5) is 12.0. The summed E-state index contributed by atoms with van der Waals surface area (Å²) in [6, 6.07) is 13.7. The first-order valence-corrected chi connectivity index (χ1v) is 8.44. The van der Waals surface area contributed by atoms with Crippen LogP contribution in [-0.4, -0.2) is 19.6 Å². The molecule has 1 N–H and O–H groups in total. The van der Waals surface area contributed by atoms with Gasteiger partial charge in [0.2, 0.25) is 5.91 Å². The van der Waals surface area contributed by atoms with Gasteiger partial charge in [0.25, 0.3) is 0 Å².